The van der Waals surface area contributed by atoms with Crippen LogP contribution in [0, 0.1) is 19.7 Å². The predicted molar refractivity (Wildman–Crippen MR) is 108 cm³/mol. The second kappa shape index (κ2) is 7.64. The zero-order chi connectivity index (χ0) is 21.4. The first-order chi connectivity index (χ1) is 14.3. The molecular formula is C20H16FN5O3S. The Kier molecular flexibility index (Phi) is 5.00. The van der Waals surface area contributed by atoms with E-state index in [1.165, 1.54) is 16.8 Å². The van der Waals surface area contributed by atoms with E-state index in [1.54, 1.807) is 45.2 Å². The molecule has 0 fully saturated rings. The fourth-order valence-corrected chi connectivity index (χ4v) is 3.85. The van der Waals surface area contributed by atoms with Crippen molar-refractivity contribution in [3.05, 3.63) is 58.3 Å². The number of benzene rings is 2. The van der Waals surface area contributed by atoms with E-state index in [0.29, 0.717) is 44.7 Å². The van der Waals surface area contributed by atoms with Crippen molar-refractivity contribution in [1.29, 1.82) is 0 Å². The quantitative estimate of drug-likeness (QED) is 0.510. The van der Waals surface area contributed by atoms with Gasteiger partial charge in [0.05, 0.1) is 11.3 Å². The maximum Gasteiger partial charge on any atom is 0.347 e. The maximum atomic E-state index is 13.4. The smallest absolute Gasteiger partial charge is 0.347 e. The van der Waals surface area contributed by atoms with Crippen LogP contribution in [-0.2, 0) is 7.05 Å². The summed E-state index contributed by atoms with van der Waals surface area (Å²) in [6, 6.07) is 9.58. The van der Waals surface area contributed by atoms with Crippen molar-refractivity contribution < 1.29 is 19.0 Å². The Morgan fingerprint density at radius 2 is 1.93 bits per heavy atom. The normalized spacial score (nSPS) is 10.9. The van der Waals surface area contributed by atoms with Crippen molar-refractivity contribution >= 4 is 17.3 Å². The molecule has 10 heteroatoms. The summed E-state index contributed by atoms with van der Waals surface area (Å²) in [6.07, 6.45) is 0. The van der Waals surface area contributed by atoms with E-state index in [-0.39, 0.29) is 10.7 Å². The number of aryl methyl sites for hydroxylation is 3. The molecule has 1 N–H and O–H groups in total. The van der Waals surface area contributed by atoms with Crippen molar-refractivity contribution in [2.24, 2.45) is 7.05 Å². The second-order valence-electron chi connectivity index (χ2n) is 6.59. The Bertz CT molecular complexity index is 1270. The molecule has 0 saturated heterocycles. The van der Waals surface area contributed by atoms with E-state index in [9.17, 15) is 14.3 Å². The lowest BCUT2D eigenvalue weighted by Crippen LogP contribution is -1.98. The minimum absolute atomic E-state index is 0.189. The first-order valence-electron chi connectivity index (χ1n) is 8.85. The fraction of sp³-hybridized carbons (Fsp3) is 0.150. The third-order valence-electron chi connectivity index (χ3n) is 4.44. The molecule has 4 rings (SSSR count). The van der Waals surface area contributed by atoms with Gasteiger partial charge < -0.3 is 9.84 Å². The Hall–Kier alpha value is -3.66. The number of aromatic nitrogens is 5. The number of nitrogens with zero attached hydrogens (tertiary/aromatic N) is 5. The van der Waals surface area contributed by atoms with Crippen LogP contribution in [0.1, 0.15) is 20.9 Å². The standard InChI is InChI=1S/C20H16FN5O3S/c1-10-8-13(21)5-7-15(10)29-16-6-4-12(9-14(16)18-23-24-25-26(18)3)19-22-11(2)17(30-19)20(27)28/h4-9H,1-3H3,(H,27,28). The molecule has 0 amide bonds. The summed E-state index contributed by atoms with van der Waals surface area (Å²) in [5.41, 5.74) is 2.39. The average Bonchev–Trinajstić information content (AvgIpc) is 3.30. The van der Waals surface area contributed by atoms with Gasteiger partial charge in [0.2, 0.25) is 0 Å². The molecular weight excluding hydrogens is 409 g/mol. The van der Waals surface area contributed by atoms with Gasteiger partial charge in [-0.1, -0.05) is 0 Å². The predicted octanol–water partition coefficient (Wildman–Crippen LogP) is 4.25. The molecule has 4 aromatic rings. The number of carboxylic acid groups (broad SMARTS) is 1. The highest BCUT2D eigenvalue weighted by molar-refractivity contribution is 7.17. The van der Waals surface area contributed by atoms with Gasteiger partial charge in [0.25, 0.3) is 0 Å². The van der Waals surface area contributed by atoms with E-state index in [4.69, 9.17) is 4.74 Å². The van der Waals surface area contributed by atoms with Crippen LogP contribution in [0.2, 0.25) is 0 Å². The molecule has 0 spiro atoms. The molecule has 0 aliphatic carbocycles. The number of rotatable bonds is 5. The summed E-state index contributed by atoms with van der Waals surface area (Å²) in [6.45, 7) is 3.41. The van der Waals surface area contributed by atoms with Crippen LogP contribution in [0.5, 0.6) is 11.5 Å². The zero-order valence-electron chi connectivity index (χ0n) is 16.3. The fourth-order valence-electron chi connectivity index (χ4n) is 2.95. The number of carbonyl (C=O) groups is 1. The van der Waals surface area contributed by atoms with Crippen LogP contribution in [-0.4, -0.2) is 36.3 Å². The monoisotopic (exact) mass is 425 g/mol. The van der Waals surface area contributed by atoms with Gasteiger partial charge in [0.15, 0.2) is 5.82 Å². The Morgan fingerprint density at radius 1 is 1.17 bits per heavy atom. The molecule has 0 saturated carbocycles. The minimum atomic E-state index is -1.01. The minimum Gasteiger partial charge on any atom is -0.477 e. The molecule has 8 nitrogen and oxygen atoms in total. The van der Waals surface area contributed by atoms with Crippen LogP contribution in [0.25, 0.3) is 22.0 Å². The number of hydrogen-bond donors (Lipinski definition) is 1. The largest absolute Gasteiger partial charge is 0.477 e. The summed E-state index contributed by atoms with van der Waals surface area (Å²) in [7, 11) is 1.70. The van der Waals surface area contributed by atoms with Crippen LogP contribution < -0.4 is 4.74 Å². The van der Waals surface area contributed by atoms with E-state index in [1.807, 2.05) is 0 Å². The average molecular weight is 425 g/mol. The number of aromatic carboxylic acids is 1. The number of hydrogen-bond acceptors (Lipinski definition) is 7. The lowest BCUT2D eigenvalue weighted by atomic mass is 10.1. The highest BCUT2D eigenvalue weighted by atomic mass is 32.1. The Labute approximate surface area is 174 Å². The molecule has 0 radical (unpaired) electrons. The maximum absolute atomic E-state index is 13.4. The second-order valence-corrected chi connectivity index (χ2v) is 7.59. The first-order valence-corrected chi connectivity index (χ1v) is 9.67. The molecule has 152 valence electrons. The van der Waals surface area contributed by atoms with E-state index in [0.717, 1.165) is 11.3 Å². The highest BCUT2D eigenvalue weighted by Gasteiger charge is 2.19. The number of carboxylic acids is 1. The summed E-state index contributed by atoms with van der Waals surface area (Å²) in [5.74, 6) is 0.0669. The van der Waals surface area contributed by atoms with Crippen molar-refractivity contribution in [2.75, 3.05) is 0 Å². The van der Waals surface area contributed by atoms with Crippen molar-refractivity contribution in [3.8, 4) is 33.5 Å². The number of halogens is 1. The summed E-state index contributed by atoms with van der Waals surface area (Å²) < 4.78 is 21.0. The van der Waals surface area contributed by atoms with Crippen molar-refractivity contribution in [1.82, 2.24) is 25.2 Å². The number of ether oxygens (including phenoxy) is 1. The number of thiazole rings is 1. The third-order valence-corrected chi connectivity index (χ3v) is 5.63. The van der Waals surface area contributed by atoms with Crippen LogP contribution in [0.4, 0.5) is 4.39 Å². The van der Waals surface area contributed by atoms with Crippen LogP contribution >= 0.6 is 11.3 Å². The zero-order valence-corrected chi connectivity index (χ0v) is 17.1. The van der Waals surface area contributed by atoms with Gasteiger partial charge in [-0.15, -0.1) is 16.4 Å². The van der Waals surface area contributed by atoms with Gasteiger partial charge in [-0.25, -0.2) is 18.9 Å². The van der Waals surface area contributed by atoms with E-state index >= 15 is 0 Å². The van der Waals surface area contributed by atoms with Gasteiger partial charge >= 0.3 is 5.97 Å². The first kappa shape index (κ1) is 19.6. The molecule has 0 unspecified atom stereocenters. The van der Waals surface area contributed by atoms with Gasteiger partial charge in [0.1, 0.15) is 27.2 Å². The molecule has 30 heavy (non-hydrogen) atoms. The molecule has 0 aliphatic rings. The van der Waals surface area contributed by atoms with Crippen LogP contribution in [0.15, 0.2) is 36.4 Å². The van der Waals surface area contributed by atoms with Crippen molar-refractivity contribution in [2.45, 2.75) is 13.8 Å². The summed E-state index contributed by atoms with van der Waals surface area (Å²) in [5, 5.41) is 21.5. The van der Waals surface area contributed by atoms with Gasteiger partial charge in [-0.3, -0.25) is 0 Å². The number of tetrazole rings is 1. The van der Waals surface area contributed by atoms with E-state index < -0.39 is 5.97 Å². The third kappa shape index (κ3) is 3.64. The summed E-state index contributed by atoms with van der Waals surface area (Å²) in [4.78, 5) is 15.9. The highest BCUT2D eigenvalue weighted by Crippen LogP contribution is 2.38. The topological polar surface area (TPSA) is 103 Å². The molecule has 0 atom stereocenters. The van der Waals surface area contributed by atoms with E-state index in [2.05, 4.69) is 20.5 Å². The molecule has 2 heterocycles. The Morgan fingerprint density at radius 3 is 2.57 bits per heavy atom. The molecule has 2 aromatic carbocycles. The Balaban J connectivity index is 1.82. The van der Waals surface area contributed by atoms with Crippen molar-refractivity contribution in [3.63, 3.8) is 0 Å². The van der Waals surface area contributed by atoms with Gasteiger partial charge in [0, 0.05) is 12.6 Å². The van der Waals surface area contributed by atoms with Gasteiger partial charge in [-0.2, -0.15) is 0 Å². The molecule has 0 aliphatic heterocycles. The summed E-state index contributed by atoms with van der Waals surface area (Å²) >= 11 is 1.09. The lowest BCUT2D eigenvalue weighted by Gasteiger charge is -2.13. The SMILES string of the molecule is Cc1cc(F)ccc1Oc1ccc(-c2nc(C)c(C(=O)O)s2)cc1-c1nnnn1C. The molecule has 0 bridgehead atoms. The van der Waals surface area contributed by atoms with Gasteiger partial charge in [-0.05, 0) is 66.2 Å². The van der Waals surface area contributed by atoms with Crippen LogP contribution in [0.3, 0.4) is 0 Å². The molecule has 2 aromatic heterocycles. The lowest BCUT2D eigenvalue weighted by molar-refractivity contribution is 0.0701.